The molecule has 0 bridgehead atoms. The van der Waals surface area contributed by atoms with E-state index in [1.165, 1.54) is 11.1 Å². The number of aryl methyl sites for hydroxylation is 1. The third kappa shape index (κ3) is 4.15. The molecule has 16 heavy (non-hydrogen) atoms. The summed E-state index contributed by atoms with van der Waals surface area (Å²) in [6.45, 7) is 7.46. The summed E-state index contributed by atoms with van der Waals surface area (Å²) in [7, 11) is 0. The molecule has 0 spiro atoms. The predicted octanol–water partition coefficient (Wildman–Crippen LogP) is 3.60. The highest BCUT2D eigenvalue weighted by Crippen LogP contribution is 2.08. The van der Waals surface area contributed by atoms with Gasteiger partial charge in [-0.25, -0.2) is 0 Å². The molecule has 0 radical (unpaired) electrons. The quantitative estimate of drug-likeness (QED) is 0.748. The largest absolute Gasteiger partial charge is 0.310 e. The number of hydrogen-bond donors (Lipinski definition) is 1. The van der Waals surface area contributed by atoms with Crippen LogP contribution in [0.5, 0.6) is 0 Å². The maximum atomic E-state index is 5.83. The third-order valence-electron chi connectivity index (χ3n) is 3.16. The van der Waals surface area contributed by atoms with Gasteiger partial charge in [0.05, 0.1) is 0 Å². The lowest BCUT2D eigenvalue weighted by molar-refractivity contribution is 0.430. The van der Waals surface area contributed by atoms with Crippen molar-refractivity contribution in [3.05, 3.63) is 35.4 Å². The Morgan fingerprint density at radius 1 is 1.12 bits per heavy atom. The van der Waals surface area contributed by atoms with Crippen molar-refractivity contribution in [3.8, 4) is 0 Å². The van der Waals surface area contributed by atoms with Crippen molar-refractivity contribution >= 4 is 11.6 Å². The van der Waals surface area contributed by atoms with E-state index in [9.17, 15) is 0 Å². The topological polar surface area (TPSA) is 12.0 Å². The molecule has 0 amide bonds. The molecule has 1 aromatic rings. The van der Waals surface area contributed by atoms with Gasteiger partial charge in [0.2, 0.25) is 0 Å². The highest BCUT2D eigenvalue weighted by Gasteiger charge is 2.09. The highest BCUT2D eigenvalue weighted by atomic mass is 35.5. The number of nitrogens with one attached hydrogen (secondary N) is 1. The number of alkyl halides is 1. The van der Waals surface area contributed by atoms with Gasteiger partial charge < -0.3 is 5.32 Å². The van der Waals surface area contributed by atoms with Crippen LogP contribution >= 0.6 is 11.6 Å². The van der Waals surface area contributed by atoms with Crippen LogP contribution in [-0.2, 0) is 13.0 Å². The Bertz CT molecular complexity index is 294. The van der Waals surface area contributed by atoms with Crippen molar-refractivity contribution < 1.29 is 0 Å². The lowest BCUT2D eigenvalue weighted by atomic mass is 10.1. The molecular formula is C14H22ClN. The molecule has 2 unspecified atom stereocenters. The minimum atomic E-state index is 0.461. The first kappa shape index (κ1) is 13.5. The molecule has 0 fully saturated rings. The van der Waals surface area contributed by atoms with E-state index in [4.69, 9.17) is 11.6 Å². The standard InChI is InChI=1S/C14H22ClN/c1-4-13-5-7-14(8-6-13)10-16-12(3)11(2)9-15/h5-8,11-12,16H,4,9-10H2,1-3H3. The molecule has 90 valence electrons. The van der Waals surface area contributed by atoms with Crippen molar-refractivity contribution in [2.24, 2.45) is 5.92 Å². The molecule has 1 nitrogen and oxygen atoms in total. The van der Waals surface area contributed by atoms with E-state index in [0.29, 0.717) is 17.8 Å². The van der Waals surface area contributed by atoms with E-state index in [1.807, 2.05) is 0 Å². The summed E-state index contributed by atoms with van der Waals surface area (Å²) in [5.74, 6) is 1.22. The Labute approximate surface area is 104 Å². The van der Waals surface area contributed by atoms with E-state index >= 15 is 0 Å². The fourth-order valence-corrected chi connectivity index (χ4v) is 1.77. The Hall–Kier alpha value is -0.530. The van der Waals surface area contributed by atoms with Crippen LogP contribution in [0.4, 0.5) is 0 Å². The minimum absolute atomic E-state index is 0.461. The van der Waals surface area contributed by atoms with Gasteiger partial charge in [0, 0.05) is 18.5 Å². The van der Waals surface area contributed by atoms with Gasteiger partial charge >= 0.3 is 0 Å². The van der Waals surface area contributed by atoms with E-state index in [1.54, 1.807) is 0 Å². The Kier molecular flexibility index (Phi) is 5.86. The lowest BCUT2D eigenvalue weighted by Crippen LogP contribution is -2.32. The molecule has 0 heterocycles. The summed E-state index contributed by atoms with van der Waals surface area (Å²) in [6, 6.07) is 9.26. The van der Waals surface area contributed by atoms with Crippen LogP contribution in [0.2, 0.25) is 0 Å². The molecule has 2 heteroatoms. The molecule has 2 atom stereocenters. The highest BCUT2D eigenvalue weighted by molar-refractivity contribution is 6.18. The van der Waals surface area contributed by atoms with Crippen LogP contribution in [0.15, 0.2) is 24.3 Å². The maximum absolute atomic E-state index is 5.83. The monoisotopic (exact) mass is 239 g/mol. The zero-order chi connectivity index (χ0) is 12.0. The number of hydrogen-bond acceptors (Lipinski definition) is 1. The Balaban J connectivity index is 2.42. The fraction of sp³-hybridized carbons (Fsp3) is 0.571. The summed E-state index contributed by atoms with van der Waals surface area (Å²) in [6.07, 6.45) is 1.10. The van der Waals surface area contributed by atoms with Crippen LogP contribution < -0.4 is 5.32 Å². The average molecular weight is 240 g/mol. The molecule has 0 aromatic heterocycles. The molecule has 0 aliphatic heterocycles. The molecule has 0 saturated heterocycles. The molecule has 1 N–H and O–H groups in total. The van der Waals surface area contributed by atoms with Gasteiger partial charge in [-0.2, -0.15) is 0 Å². The van der Waals surface area contributed by atoms with Crippen LogP contribution in [-0.4, -0.2) is 11.9 Å². The van der Waals surface area contributed by atoms with Crippen molar-refractivity contribution in [1.82, 2.24) is 5.32 Å². The first-order valence-electron chi connectivity index (χ1n) is 6.04. The van der Waals surface area contributed by atoms with Gasteiger partial charge in [0.15, 0.2) is 0 Å². The Morgan fingerprint density at radius 3 is 2.19 bits per heavy atom. The maximum Gasteiger partial charge on any atom is 0.0263 e. The number of halogens is 1. The van der Waals surface area contributed by atoms with E-state index < -0.39 is 0 Å². The van der Waals surface area contributed by atoms with Crippen molar-refractivity contribution in [2.75, 3.05) is 5.88 Å². The van der Waals surface area contributed by atoms with Crippen LogP contribution in [0, 0.1) is 5.92 Å². The first-order valence-corrected chi connectivity index (χ1v) is 6.58. The zero-order valence-corrected chi connectivity index (χ0v) is 11.2. The number of benzene rings is 1. The van der Waals surface area contributed by atoms with Gasteiger partial charge in [0.1, 0.15) is 0 Å². The molecule has 0 saturated carbocycles. The summed E-state index contributed by atoms with van der Waals surface area (Å²) in [5, 5.41) is 3.50. The SMILES string of the molecule is CCc1ccc(CNC(C)C(C)CCl)cc1. The molecular weight excluding hydrogens is 218 g/mol. The van der Waals surface area contributed by atoms with E-state index in [0.717, 1.165) is 13.0 Å². The third-order valence-corrected chi connectivity index (χ3v) is 3.64. The second-order valence-corrected chi connectivity index (χ2v) is 4.78. The average Bonchev–Trinajstić information content (AvgIpc) is 2.35. The molecule has 0 aliphatic carbocycles. The van der Waals surface area contributed by atoms with Crippen molar-refractivity contribution in [3.63, 3.8) is 0 Å². The second kappa shape index (κ2) is 6.93. The fourth-order valence-electron chi connectivity index (χ4n) is 1.51. The lowest BCUT2D eigenvalue weighted by Gasteiger charge is -2.19. The smallest absolute Gasteiger partial charge is 0.0263 e. The predicted molar refractivity (Wildman–Crippen MR) is 72.0 cm³/mol. The molecule has 1 rings (SSSR count). The number of rotatable bonds is 6. The molecule has 0 aliphatic rings. The van der Waals surface area contributed by atoms with Gasteiger partial charge in [-0.3, -0.25) is 0 Å². The van der Waals surface area contributed by atoms with Gasteiger partial charge in [-0.1, -0.05) is 38.1 Å². The van der Waals surface area contributed by atoms with Crippen molar-refractivity contribution in [2.45, 2.75) is 39.8 Å². The Morgan fingerprint density at radius 2 is 1.69 bits per heavy atom. The normalized spacial score (nSPS) is 14.8. The molecule has 1 aromatic carbocycles. The minimum Gasteiger partial charge on any atom is -0.310 e. The van der Waals surface area contributed by atoms with E-state index in [-0.39, 0.29) is 0 Å². The van der Waals surface area contributed by atoms with Crippen LogP contribution in [0.1, 0.15) is 31.9 Å². The van der Waals surface area contributed by atoms with E-state index in [2.05, 4.69) is 50.4 Å². The summed E-state index contributed by atoms with van der Waals surface area (Å²) >= 11 is 5.83. The second-order valence-electron chi connectivity index (χ2n) is 4.47. The van der Waals surface area contributed by atoms with Gasteiger partial charge in [-0.15, -0.1) is 11.6 Å². The summed E-state index contributed by atoms with van der Waals surface area (Å²) < 4.78 is 0. The first-order chi connectivity index (χ1) is 7.67. The van der Waals surface area contributed by atoms with Gasteiger partial charge in [0.25, 0.3) is 0 Å². The zero-order valence-electron chi connectivity index (χ0n) is 10.5. The summed E-state index contributed by atoms with van der Waals surface area (Å²) in [4.78, 5) is 0. The van der Waals surface area contributed by atoms with Gasteiger partial charge in [-0.05, 0) is 30.4 Å². The van der Waals surface area contributed by atoms with Crippen LogP contribution in [0.3, 0.4) is 0 Å². The van der Waals surface area contributed by atoms with Crippen LogP contribution in [0.25, 0.3) is 0 Å². The van der Waals surface area contributed by atoms with Crippen molar-refractivity contribution in [1.29, 1.82) is 0 Å². The summed E-state index contributed by atoms with van der Waals surface area (Å²) in [5.41, 5.74) is 2.73.